The second-order valence-corrected chi connectivity index (χ2v) is 6.09. The molecule has 2 atom stereocenters. The van der Waals surface area contributed by atoms with Gasteiger partial charge in [-0.05, 0) is 74.5 Å². The zero-order valence-electron chi connectivity index (χ0n) is 12.0. The largest absolute Gasteiger partial charge is 0.508 e. The quantitative estimate of drug-likeness (QED) is 0.858. The molecule has 0 aromatic heterocycles. The number of benzene rings is 1. The first-order valence-electron chi connectivity index (χ1n) is 7.86. The van der Waals surface area contributed by atoms with Crippen molar-refractivity contribution in [2.45, 2.75) is 38.1 Å². The maximum atomic E-state index is 9.27. The summed E-state index contributed by atoms with van der Waals surface area (Å²) >= 11 is 0. The van der Waals surface area contributed by atoms with E-state index in [-0.39, 0.29) is 0 Å². The second kappa shape index (κ2) is 6.40. The van der Waals surface area contributed by atoms with Crippen LogP contribution in [0, 0.1) is 5.92 Å². The number of fused-ring (bicyclic) bond motifs is 1. The topological polar surface area (TPSA) is 35.8 Å². The summed E-state index contributed by atoms with van der Waals surface area (Å²) < 4.78 is 0. The Kier molecular flexibility index (Phi) is 4.36. The van der Waals surface area contributed by atoms with Crippen molar-refractivity contribution >= 4 is 6.21 Å². The molecule has 2 aliphatic rings. The van der Waals surface area contributed by atoms with Crippen LogP contribution in [-0.4, -0.2) is 41.9 Å². The summed E-state index contributed by atoms with van der Waals surface area (Å²) in [5, 5.41) is 9.27. The van der Waals surface area contributed by atoms with Gasteiger partial charge in [0.25, 0.3) is 0 Å². The Morgan fingerprint density at radius 2 is 1.90 bits per heavy atom. The minimum atomic E-state index is 0.312. The molecule has 0 radical (unpaired) electrons. The third-order valence-electron chi connectivity index (χ3n) is 4.70. The summed E-state index contributed by atoms with van der Waals surface area (Å²) in [6.07, 6.45) is 8.73. The van der Waals surface area contributed by atoms with Gasteiger partial charge in [0.05, 0.1) is 0 Å². The Hall–Kier alpha value is -1.35. The number of phenols is 1. The van der Waals surface area contributed by atoms with E-state index in [0.717, 1.165) is 24.1 Å². The summed E-state index contributed by atoms with van der Waals surface area (Å²) in [7, 11) is 0. The molecule has 1 N–H and O–H groups in total. The van der Waals surface area contributed by atoms with E-state index in [1.807, 2.05) is 18.3 Å². The third kappa shape index (κ3) is 3.21. The average molecular weight is 272 g/mol. The first kappa shape index (κ1) is 13.6. The summed E-state index contributed by atoms with van der Waals surface area (Å²) in [5.74, 6) is 1.05. The first-order chi connectivity index (χ1) is 9.83. The molecule has 2 aliphatic heterocycles. The van der Waals surface area contributed by atoms with Crippen LogP contribution >= 0.6 is 0 Å². The van der Waals surface area contributed by atoms with Gasteiger partial charge in [0.15, 0.2) is 0 Å². The maximum Gasteiger partial charge on any atom is 0.115 e. The van der Waals surface area contributed by atoms with Gasteiger partial charge in [-0.15, -0.1) is 0 Å². The predicted octanol–water partition coefficient (Wildman–Crippen LogP) is 3.08. The van der Waals surface area contributed by atoms with Crippen LogP contribution in [0.4, 0.5) is 0 Å². The van der Waals surface area contributed by atoms with E-state index in [4.69, 9.17) is 0 Å². The average Bonchev–Trinajstić information content (AvgIpc) is 2.49. The molecule has 0 amide bonds. The third-order valence-corrected chi connectivity index (χ3v) is 4.70. The highest BCUT2D eigenvalue weighted by atomic mass is 16.3. The van der Waals surface area contributed by atoms with Crippen LogP contribution in [0.15, 0.2) is 29.3 Å². The van der Waals surface area contributed by atoms with Gasteiger partial charge < -0.3 is 10.0 Å². The van der Waals surface area contributed by atoms with Crippen molar-refractivity contribution in [3.63, 3.8) is 0 Å². The normalized spacial score (nSPS) is 27.6. The van der Waals surface area contributed by atoms with Crippen LogP contribution < -0.4 is 0 Å². The van der Waals surface area contributed by atoms with Crippen molar-refractivity contribution in [1.82, 2.24) is 4.90 Å². The van der Waals surface area contributed by atoms with Gasteiger partial charge in [-0.2, -0.15) is 0 Å². The zero-order valence-corrected chi connectivity index (χ0v) is 12.0. The molecule has 0 saturated carbocycles. The van der Waals surface area contributed by atoms with Crippen LogP contribution in [-0.2, 0) is 0 Å². The molecule has 20 heavy (non-hydrogen) atoms. The zero-order chi connectivity index (χ0) is 13.8. The highest BCUT2D eigenvalue weighted by molar-refractivity contribution is 5.79. The fraction of sp³-hybridized carbons (Fsp3) is 0.588. The molecule has 1 aromatic rings. The standard InChI is InChI=1S/C17H24N2O/c20-16-8-6-14(7-9-16)12-18-13-15-4-3-11-19-10-2-1-5-17(15)19/h6-9,12,15,17,20H,1-5,10-11,13H2/t15-,17-/m0/s1. The number of hydrogen-bond donors (Lipinski definition) is 1. The van der Waals surface area contributed by atoms with E-state index >= 15 is 0 Å². The molecular weight excluding hydrogens is 248 g/mol. The van der Waals surface area contributed by atoms with Crippen LogP contribution in [0.3, 0.4) is 0 Å². The lowest BCUT2D eigenvalue weighted by Crippen LogP contribution is -2.48. The molecule has 0 aliphatic carbocycles. The molecule has 2 saturated heterocycles. The first-order valence-corrected chi connectivity index (χ1v) is 7.86. The molecule has 3 heteroatoms. The molecule has 3 rings (SSSR count). The summed E-state index contributed by atoms with van der Waals surface area (Å²) in [6, 6.07) is 8.02. The smallest absolute Gasteiger partial charge is 0.115 e. The van der Waals surface area contributed by atoms with E-state index in [1.165, 1.54) is 45.2 Å². The predicted molar refractivity (Wildman–Crippen MR) is 82.5 cm³/mol. The van der Waals surface area contributed by atoms with Crippen molar-refractivity contribution in [2.75, 3.05) is 19.6 Å². The molecule has 0 spiro atoms. The van der Waals surface area contributed by atoms with Gasteiger partial charge in [-0.1, -0.05) is 6.42 Å². The molecule has 1 aromatic carbocycles. The van der Waals surface area contributed by atoms with E-state index in [1.54, 1.807) is 12.1 Å². The summed E-state index contributed by atoms with van der Waals surface area (Å²) in [5.41, 5.74) is 1.07. The van der Waals surface area contributed by atoms with E-state index in [0.29, 0.717) is 5.75 Å². The number of aromatic hydroxyl groups is 1. The van der Waals surface area contributed by atoms with Crippen LogP contribution in [0.2, 0.25) is 0 Å². The number of aliphatic imine (C=N–C) groups is 1. The van der Waals surface area contributed by atoms with Gasteiger partial charge in [0, 0.05) is 18.8 Å². The Balaban J connectivity index is 1.58. The number of rotatable bonds is 3. The van der Waals surface area contributed by atoms with E-state index in [9.17, 15) is 5.11 Å². The SMILES string of the molecule is Oc1ccc(C=NC[C@@H]2CCCN3CCCC[C@@H]23)cc1. The lowest BCUT2D eigenvalue weighted by Gasteiger charge is -2.43. The Morgan fingerprint density at radius 1 is 1.10 bits per heavy atom. The van der Waals surface area contributed by atoms with Crippen molar-refractivity contribution in [2.24, 2.45) is 10.9 Å². The van der Waals surface area contributed by atoms with Crippen LogP contribution in [0.25, 0.3) is 0 Å². The Labute approximate surface area is 121 Å². The molecule has 0 unspecified atom stereocenters. The fourth-order valence-corrected chi connectivity index (χ4v) is 3.64. The number of nitrogens with zero attached hydrogens (tertiary/aromatic N) is 2. The molecule has 3 nitrogen and oxygen atoms in total. The maximum absolute atomic E-state index is 9.27. The summed E-state index contributed by atoms with van der Waals surface area (Å²) in [6.45, 7) is 3.54. The Morgan fingerprint density at radius 3 is 2.75 bits per heavy atom. The number of phenolic OH excluding ortho intramolecular Hbond substituents is 1. The van der Waals surface area contributed by atoms with Crippen LogP contribution in [0.5, 0.6) is 5.75 Å². The van der Waals surface area contributed by atoms with Gasteiger partial charge in [0.1, 0.15) is 5.75 Å². The molecule has 0 bridgehead atoms. The lowest BCUT2D eigenvalue weighted by molar-refractivity contribution is 0.0635. The monoisotopic (exact) mass is 272 g/mol. The number of piperidine rings is 2. The van der Waals surface area contributed by atoms with Crippen molar-refractivity contribution in [3.8, 4) is 5.75 Å². The van der Waals surface area contributed by atoms with Crippen molar-refractivity contribution in [1.29, 1.82) is 0 Å². The highest BCUT2D eigenvalue weighted by Gasteiger charge is 2.32. The lowest BCUT2D eigenvalue weighted by atomic mass is 9.83. The molecule has 2 heterocycles. The minimum absolute atomic E-state index is 0.312. The minimum Gasteiger partial charge on any atom is -0.508 e. The molecule has 2 fully saturated rings. The molecule has 108 valence electrons. The van der Waals surface area contributed by atoms with Crippen molar-refractivity contribution in [3.05, 3.63) is 29.8 Å². The second-order valence-electron chi connectivity index (χ2n) is 6.09. The van der Waals surface area contributed by atoms with Gasteiger partial charge >= 0.3 is 0 Å². The van der Waals surface area contributed by atoms with E-state index in [2.05, 4.69) is 9.89 Å². The van der Waals surface area contributed by atoms with Gasteiger partial charge in [0.2, 0.25) is 0 Å². The molecular formula is C17H24N2O. The number of hydrogen-bond acceptors (Lipinski definition) is 3. The van der Waals surface area contributed by atoms with Crippen molar-refractivity contribution < 1.29 is 5.11 Å². The van der Waals surface area contributed by atoms with Gasteiger partial charge in [-0.25, -0.2) is 0 Å². The Bertz CT molecular complexity index is 453. The summed E-state index contributed by atoms with van der Waals surface area (Å²) in [4.78, 5) is 7.34. The van der Waals surface area contributed by atoms with Crippen LogP contribution in [0.1, 0.15) is 37.7 Å². The highest BCUT2D eigenvalue weighted by Crippen LogP contribution is 2.30. The fourth-order valence-electron chi connectivity index (χ4n) is 3.64. The van der Waals surface area contributed by atoms with Gasteiger partial charge in [-0.3, -0.25) is 4.99 Å². The van der Waals surface area contributed by atoms with E-state index < -0.39 is 0 Å².